The Labute approximate surface area is 159 Å². The average Bonchev–Trinajstić information content (AvgIpc) is 2.60. The first kappa shape index (κ1) is 20.0. The Morgan fingerprint density at radius 3 is 1.78 bits per heavy atom. The van der Waals surface area contributed by atoms with Crippen LogP contribution in [0.25, 0.3) is 0 Å². The number of carbonyl (C=O) groups is 1. The number of guanidine groups is 1. The summed E-state index contributed by atoms with van der Waals surface area (Å²) in [6.07, 6.45) is 0. The molecule has 2 aromatic carbocycles. The molecule has 27 heavy (non-hydrogen) atoms. The first-order valence-electron chi connectivity index (χ1n) is 8.57. The van der Waals surface area contributed by atoms with Gasteiger partial charge in [-0.05, 0) is 47.7 Å². The second kappa shape index (κ2) is 8.35. The highest BCUT2D eigenvalue weighted by molar-refractivity contribution is 6.01. The van der Waals surface area contributed by atoms with Gasteiger partial charge in [-0.2, -0.15) is 5.10 Å². The van der Waals surface area contributed by atoms with Crippen LogP contribution >= 0.6 is 0 Å². The first-order valence-corrected chi connectivity index (χ1v) is 8.57. The Morgan fingerprint density at radius 1 is 0.852 bits per heavy atom. The van der Waals surface area contributed by atoms with Crippen LogP contribution in [0, 0.1) is 0 Å². The topological polar surface area (TPSA) is 118 Å². The molecule has 0 unspecified atom stereocenters. The second-order valence-electron chi connectivity index (χ2n) is 7.19. The zero-order chi connectivity index (χ0) is 20.0. The number of amides is 2. The lowest BCUT2D eigenvalue weighted by molar-refractivity contribution is 0.262. The number of nitrogens with one attached hydrogen (secondary N) is 2. The minimum absolute atomic E-state index is 0.0746. The van der Waals surface area contributed by atoms with Crippen molar-refractivity contribution in [2.45, 2.75) is 33.1 Å². The van der Waals surface area contributed by atoms with Crippen molar-refractivity contribution in [3.05, 3.63) is 59.7 Å². The molecule has 0 aliphatic heterocycles. The Bertz CT molecular complexity index is 842. The fourth-order valence-corrected chi connectivity index (χ4v) is 2.33. The Kier molecular flexibility index (Phi) is 6.18. The van der Waals surface area contributed by atoms with Crippen LogP contribution in [0.15, 0.2) is 58.7 Å². The number of rotatable bonds is 4. The molecule has 7 heteroatoms. The number of nitrogens with two attached hydrogens (primary N) is 2. The van der Waals surface area contributed by atoms with Gasteiger partial charge in [-0.15, -0.1) is 5.10 Å². The maximum atomic E-state index is 12.2. The number of benzene rings is 2. The monoisotopic (exact) mass is 366 g/mol. The van der Waals surface area contributed by atoms with Gasteiger partial charge < -0.3 is 22.1 Å². The Balaban J connectivity index is 1.98. The molecule has 0 aromatic heterocycles. The van der Waals surface area contributed by atoms with E-state index in [9.17, 15) is 4.79 Å². The Morgan fingerprint density at radius 2 is 1.33 bits per heavy atom. The molecule has 0 fully saturated rings. The van der Waals surface area contributed by atoms with Crippen LogP contribution in [-0.4, -0.2) is 17.7 Å². The molecule has 2 rings (SSSR count). The van der Waals surface area contributed by atoms with Gasteiger partial charge in [0.15, 0.2) is 0 Å². The molecule has 0 saturated heterocycles. The van der Waals surface area contributed by atoms with Crippen LogP contribution in [0.3, 0.4) is 0 Å². The van der Waals surface area contributed by atoms with Gasteiger partial charge in [0, 0.05) is 11.4 Å². The molecule has 0 aliphatic carbocycles. The normalized spacial score (nSPS) is 11.6. The van der Waals surface area contributed by atoms with Gasteiger partial charge >= 0.3 is 6.03 Å². The molecule has 2 aromatic rings. The number of carbonyl (C=O) groups excluding carboxylic acids is 1. The molecule has 0 atom stereocenters. The molecule has 2 amide bonds. The van der Waals surface area contributed by atoms with E-state index < -0.39 is 0 Å². The fourth-order valence-electron chi connectivity index (χ4n) is 2.33. The average molecular weight is 366 g/mol. The molecule has 0 saturated carbocycles. The van der Waals surface area contributed by atoms with Crippen LogP contribution in [-0.2, 0) is 5.41 Å². The van der Waals surface area contributed by atoms with Crippen LogP contribution in [0.2, 0.25) is 0 Å². The number of urea groups is 1. The molecule has 142 valence electrons. The first-order chi connectivity index (χ1) is 12.6. The number of hydrogen-bond donors (Lipinski definition) is 4. The summed E-state index contributed by atoms with van der Waals surface area (Å²) >= 11 is 0. The van der Waals surface area contributed by atoms with Crippen LogP contribution in [0.5, 0.6) is 0 Å². The summed E-state index contributed by atoms with van der Waals surface area (Å²) in [7, 11) is 0. The van der Waals surface area contributed by atoms with E-state index in [4.69, 9.17) is 11.5 Å². The largest absolute Gasteiger partial charge is 0.369 e. The van der Waals surface area contributed by atoms with Gasteiger partial charge in [-0.25, -0.2) is 4.79 Å². The second-order valence-corrected chi connectivity index (χ2v) is 7.19. The lowest BCUT2D eigenvalue weighted by atomic mass is 9.87. The highest BCUT2D eigenvalue weighted by Crippen LogP contribution is 2.23. The van der Waals surface area contributed by atoms with E-state index in [2.05, 4.69) is 41.6 Å². The van der Waals surface area contributed by atoms with E-state index in [0.717, 1.165) is 11.3 Å². The van der Waals surface area contributed by atoms with Crippen molar-refractivity contribution in [1.82, 2.24) is 0 Å². The van der Waals surface area contributed by atoms with Crippen molar-refractivity contribution in [3.63, 3.8) is 0 Å². The van der Waals surface area contributed by atoms with E-state index in [1.807, 2.05) is 36.4 Å². The van der Waals surface area contributed by atoms with E-state index in [1.165, 1.54) is 5.56 Å². The molecule has 0 radical (unpaired) electrons. The van der Waals surface area contributed by atoms with Crippen LogP contribution in [0.4, 0.5) is 16.2 Å². The maximum absolute atomic E-state index is 12.2. The van der Waals surface area contributed by atoms with Crippen molar-refractivity contribution in [2.75, 3.05) is 10.6 Å². The van der Waals surface area contributed by atoms with Gasteiger partial charge in [0.05, 0.1) is 5.71 Å². The zero-order valence-corrected chi connectivity index (χ0v) is 16.1. The Hall–Kier alpha value is -3.35. The van der Waals surface area contributed by atoms with Crippen molar-refractivity contribution in [2.24, 2.45) is 21.7 Å². The lowest BCUT2D eigenvalue weighted by Gasteiger charge is -2.19. The SMILES string of the molecule is C/C(=N\N=C(N)N)c1ccc(NC(=O)Nc2ccc(C(C)(C)C)cc2)cc1. The molecule has 6 N–H and O–H groups in total. The van der Waals surface area contributed by atoms with Crippen molar-refractivity contribution >= 4 is 29.1 Å². The molecular formula is C20H26N6O. The van der Waals surface area contributed by atoms with E-state index in [1.54, 1.807) is 19.1 Å². The molecule has 0 heterocycles. The van der Waals surface area contributed by atoms with E-state index in [0.29, 0.717) is 11.4 Å². The van der Waals surface area contributed by atoms with Crippen LogP contribution < -0.4 is 22.1 Å². The fraction of sp³-hybridized carbons (Fsp3) is 0.250. The predicted molar refractivity (Wildman–Crippen MR) is 112 cm³/mol. The lowest BCUT2D eigenvalue weighted by Crippen LogP contribution is -2.22. The number of hydrogen-bond acceptors (Lipinski definition) is 3. The molecular weight excluding hydrogens is 340 g/mol. The summed E-state index contributed by atoms with van der Waals surface area (Å²) in [4.78, 5) is 12.2. The predicted octanol–water partition coefficient (Wildman–Crippen LogP) is 3.63. The van der Waals surface area contributed by atoms with Gasteiger partial charge in [-0.3, -0.25) is 0 Å². The highest BCUT2D eigenvalue weighted by atomic mass is 16.2. The van der Waals surface area contributed by atoms with E-state index >= 15 is 0 Å². The summed E-state index contributed by atoms with van der Waals surface area (Å²) in [6.45, 7) is 8.24. The highest BCUT2D eigenvalue weighted by Gasteiger charge is 2.13. The summed E-state index contributed by atoms with van der Waals surface area (Å²) in [6, 6.07) is 14.7. The molecule has 7 nitrogen and oxygen atoms in total. The standard InChI is InChI=1S/C20H26N6O/c1-13(25-26-18(21)22)14-5-9-16(10-6-14)23-19(27)24-17-11-7-15(8-12-17)20(2,3)4/h5-12H,1-4H3,(H4,21,22,26)(H2,23,24,27)/b25-13+. The van der Waals surface area contributed by atoms with Gasteiger partial charge in [0.1, 0.15) is 0 Å². The minimum atomic E-state index is -0.308. The third kappa shape index (κ3) is 6.14. The smallest absolute Gasteiger partial charge is 0.323 e. The summed E-state index contributed by atoms with van der Waals surface area (Å²) in [5.41, 5.74) is 14.7. The third-order valence-corrected chi connectivity index (χ3v) is 3.88. The maximum Gasteiger partial charge on any atom is 0.323 e. The molecule has 0 spiro atoms. The van der Waals surface area contributed by atoms with Crippen molar-refractivity contribution in [3.8, 4) is 0 Å². The van der Waals surface area contributed by atoms with Gasteiger partial charge in [0.2, 0.25) is 5.96 Å². The summed E-state index contributed by atoms with van der Waals surface area (Å²) in [5, 5.41) is 13.2. The molecule has 0 aliphatic rings. The van der Waals surface area contributed by atoms with Gasteiger partial charge in [0.25, 0.3) is 0 Å². The van der Waals surface area contributed by atoms with Crippen molar-refractivity contribution in [1.29, 1.82) is 0 Å². The minimum Gasteiger partial charge on any atom is -0.369 e. The number of anilines is 2. The summed E-state index contributed by atoms with van der Waals surface area (Å²) < 4.78 is 0. The number of nitrogens with zero attached hydrogens (tertiary/aromatic N) is 2. The quantitative estimate of drug-likeness (QED) is 0.376. The van der Waals surface area contributed by atoms with Crippen molar-refractivity contribution < 1.29 is 4.79 Å². The third-order valence-electron chi connectivity index (χ3n) is 3.88. The summed E-state index contributed by atoms with van der Waals surface area (Å²) in [5.74, 6) is -0.0974. The van der Waals surface area contributed by atoms with Crippen LogP contribution in [0.1, 0.15) is 38.8 Å². The van der Waals surface area contributed by atoms with E-state index in [-0.39, 0.29) is 17.4 Å². The zero-order valence-electron chi connectivity index (χ0n) is 16.1. The van der Waals surface area contributed by atoms with Gasteiger partial charge in [-0.1, -0.05) is 45.0 Å². The molecule has 0 bridgehead atoms.